The van der Waals surface area contributed by atoms with Gasteiger partial charge in [-0.15, -0.1) is 0 Å². The van der Waals surface area contributed by atoms with E-state index < -0.39 is 32.7 Å². The van der Waals surface area contributed by atoms with E-state index in [1.807, 2.05) is 6.07 Å². The summed E-state index contributed by atoms with van der Waals surface area (Å²) in [6.45, 7) is 0.721. The molecule has 31 heavy (non-hydrogen) atoms. The fourth-order valence-electron chi connectivity index (χ4n) is 3.20. The molecule has 0 atom stereocenters. The third kappa shape index (κ3) is 6.09. The molecule has 166 valence electrons. The molecule has 0 radical (unpaired) electrons. The molecule has 1 heterocycles. The van der Waals surface area contributed by atoms with Crippen molar-refractivity contribution in [3.63, 3.8) is 0 Å². The van der Waals surface area contributed by atoms with Crippen molar-refractivity contribution in [1.29, 1.82) is 0 Å². The molecule has 1 saturated heterocycles. The van der Waals surface area contributed by atoms with Gasteiger partial charge in [-0.1, -0.05) is 48.0 Å². The first-order chi connectivity index (χ1) is 14.6. The van der Waals surface area contributed by atoms with Crippen molar-refractivity contribution in [3.05, 3.63) is 76.3 Å². The molecule has 0 N–H and O–H groups in total. The van der Waals surface area contributed by atoms with Crippen LogP contribution in [-0.2, 0) is 26.7 Å². The Balaban J connectivity index is 1.59. The molecule has 1 aliphatic rings. The van der Waals surface area contributed by atoms with Gasteiger partial charge in [-0.05, 0) is 29.3 Å². The number of halogens is 4. The minimum Gasteiger partial charge on any atom is -0.337 e. The summed E-state index contributed by atoms with van der Waals surface area (Å²) in [6, 6.07) is 12.2. The lowest BCUT2D eigenvalue weighted by molar-refractivity contribution is -0.137. The maximum Gasteiger partial charge on any atom is 0.417 e. The number of carbonyl (C=O) groups excluding carboxylic acids is 1. The van der Waals surface area contributed by atoms with E-state index in [4.69, 9.17) is 11.6 Å². The van der Waals surface area contributed by atoms with Gasteiger partial charge in [0.15, 0.2) is 0 Å². The highest BCUT2D eigenvalue weighted by Crippen LogP contribution is 2.35. The number of sulfonamides is 1. The summed E-state index contributed by atoms with van der Waals surface area (Å²) in [5.74, 6) is -0.511. The fraction of sp³-hybridized carbons (Fsp3) is 0.286. The molecule has 0 spiro atoms. The van der Waals surface area contributed by atoms with E-state index in [9.17, 15) is 26.4 Å². The highest BCUT2D eigenvalue weighted by Gasteiger charge is 2.33. The molecule has 10 heteroatoms. The predicted molar refractivity (Wildman–Crippen MR) is 113 cm³/mol. The smallest absolute Gasteiger partial charge is 0.337 e. The van der Waals surface area contributed by atoms with Crippen molar-refractivity contribution >= 4 is 33.6 Å². The lowest BCUT2D eigenvalue weighted by atomic mass is 10.1. The van der Waals surface area contributed by atoms with Crippen molar-refractivity contribution in [2.45, 2.75) is 11.9 Å². The monoisotopic (exact) mass is 472 g/mol. The molecule has 3 rings (SSSR count). The maximum absolute atomic E-state index is 13.0. The minimum atomic E-state index is -4.59. The molecule has 0 saturated carbocycles. The molecule has 2 aromatic rings. The van der Waals surface area contributed by atoms with E-state index in [-0.39, 0.29) is 37.5 Å². The molecule has 0 aliphatic carbocycles. The molecule has 1 amide bonds. The number of alkyl halides is 3. The number of rotatable bonds is 5. The molecular weight excluding hydrogens is 453 g/mol. The second-order valence-corrected chi connectivity index (χ2v) is 9.41. The van der Waals surface area contributed by atoms with Crippen LogP contribution >= 0.6 is 11.6 Å². The maximum atomic E-state index is 13.0. The van der Waals surface area contributed by atoms with E-state index in [1.54, 1.807) is 24.3 Å². The molecule has 0 unspecified atom stereocenters. The predicted octanol–water partition coefficient (Wildman–Crippen LogP) is 4.05. The Morgan fingerprint density at radius 2 is 1.68 bits per heavy atom. The molecule has 0 bridgehead atoms. The number of amides is 1. The number of nitrogens with zero attached hydrogens (tertiary/aromatic N) is 2. The summed E-state index contributed by atoms with van der Waals surface area (Å²) >= 11 is 5.59. The lowest BCUT2D eigenvalue weighted by Gasteiger charge is -2.33. The molecule has 5 nitrogen and oxygen atoms in total. The summed E-state index contributed by atoms with van der Waals surface area (Å²) in [5, 5.41) is -0.413. The van der Waals surface area contributed by atoms with E-state index in [1.165, 1.54) is 27.4 Å². The van der Waals surface area contributed by atoms with Gasteiger partial charge < -0.3 is 4.90 Å². The van der Waals surface area contributed by atoms with Gasteiger partial charge in [0.05, 0.1) is 16.3 Å². The molecule has 1 aliphatic heterocycles. The standard InChI is InChI=1S/C21H20ClF3N2O3S/c22-19-8-6-16(14-18(19)21(23,24)25)7-9-20(28)26-10-12-27(13-11-26)31(29,30)15-17-4-2-1-3-5-17/h1-9,14H,10-13,15H2. The topological polar surface area (TPSA) is 57.7 Å². The quantitative estimate of drug-likeness (QED) is 0.617. The first-order valence-electron chi connectivity index (χ1n) is 9.42. The Kier molecular flexibility index (Phi) is 7.08. The van der Waals surface area contributed by atoms with Crippen LogP contribution in [-0.4, -0.2) is 49.7 Å². The second-order valence-electron chi connectivity index (χ2n) is 7.04. The van der Waals surface area contributed by atoms with Crippen molar-refractivity contribution in [2.24, 2.45) is 0 Å². The Hall–Kier alpha value is -2.36. The Morgan fingerprint density at radius 3 is 2.29 bits per heavy atom. The first-order valence-corrected chi connectivity index (χ1v) is 11.4. The number of piperazine rings is 1. The van der Waals surface area contributed by atoms with Crippen molar-refractivity contribution in [2.75, 3.05) is 26.2 Å². The summed E-state index contributed by atoms with van der Waals surface area (Å²) in [5.41, 5.74) is -0.0970. The third-order valence-corrected chi connectivity index (χ3v) is 7.03. The zero-order valence-corrected chi connectivity index (χ0v) is 17.9. The number of hydrogen-bond acceptors (Lipinski definition) is 3. The highest BCUT2D eigenvalue weighted by molar-refractivity contribution is 7.88. The van der Waals surface area contributed by atoms with Crippen LogP contribution in [0, 0.1) is 0 Å². The average molecular weight is 473 g/mol. The first kappa shape index (κ1) is 23.3. The van der Waals surface area contributed by atoms with E-state index in [0.29, 0.717) is 5.56 Å². The minimum absolute atomic E-state index is 0.111. The second kappa shape index (κ2) is 9.42. The van der Waals surface area contributed by atoms with Crippen LogP contribution in [0.4, 0.5) is 13.2 Å². The Morgan fingerprint density at radius 1 is 1.03 bits per heavy atom. The number of hydrogen-bond donors (Lipinski definition) is 0. The van der Waals surface area contributed by atoms with Gasteiger partial charge in [-0.25, -0.2) is 8.42 Å². The summed E-state index contributed by atoms with van der Waals surface area (Å²) < 4.78 is 65.4. The Labute approximate surface area is 183 Å². The largest absolute Gasteiger partial charge is 0.417 e. The van der Waals surface area contributed by atoms with Crippen LogP contribution in [0.1, 0.15) is 16.7 Å². The van der Waals surface area contributed by atoms with Gasteiger partial charge in [0.2, 0.25) is 15.9 Å². The number of benzene rings is 2. The highest BCUT2D eigenvalue weighted by atomic mass is 35.5. The normalized spacial score (nSPS) is 16.1. The van der Waals surface area contributed by atoms with Crippen LogP contribution < -0.4 is 0 Å². The molecular formula is C21H20ClF3N2O3S. The zero-order chi connectivity index (χ0) is 22.6. The van der Waals surface area contributed by atoms with Crippen LogP contribution in [0.5, 0.6) is 0 Å². The summed E-state index contributed by atoms with van der Waals surface area (Å²) in [4.78, 5) is 13.9. The Bertz CT molecular complexity index is 1070. The van der Waals surface area contributed by atoms with Crippen molar-refractivity contribution in [1.82, 2.24) is 9.21 Å². The van der Waals surface area contributed by atoms with Gasteiger partial charge in [0, 0.05) is 32.3 Å². The van der Waals surface area contributed by atoms with Gasteiger partial charge in [0.25, 0.3) is 0 Å². The molecule has 0 aromatic heterocycles. The fourth-order valence-corrected chi connectivity index (χ4v) is 4.94. The van der Waals surface area contributed by atoms with Gasteiger partial charge in [-0.2, -0.15) is 17.5 Å². The number of carbonyl (C=O) groups is 1. The zero-order valence-electron chi connectivity index (χ0n) is 16.3. The van der Waals surface area contributed by atoms with Crippen LogP contribution in [0.25, 0.3) is 6.08 Å². The average Bonchev–Trinajstić information content (AvgIpc) is 2.72. The van der Waals surface area contributed by atoms with Crippen molar-refractivity contribution < 1.29 is 26.4 Å². The summed E-state index contributed by atoms with van der Waals surface area (Å²) in [7, 11) is -3.51. The van der Waals surface area contributed by atoms with Crippen LogP contribution in [0.15, 0.2) is 54.6 Å². The molecule has 2 aromatic carbocycles. The van der Waals surface area contributed by atoms with Crippen LogP contribution in [0.2, 0.25) is 5.02 Å². The third-order valence-electron chi connectivity index (χ3n) is 4.85. The van der Waals surface area contributed by atoms with Gasteiger partial charge >= 0.3 is 6.18 Å². The van der Waals surface area contributed by atoms with E-state index in [0.717, 1.165) is 12.1 Å². The van der Waals surface area contributed by atoms with Gasteiger partial charge in [-0.3, -0.25) is 4.79 Å². The van der Waals surface area contributed by atoms with Crippen LogP contribution in [0.3, 0.4) is 0 Å². The SMILES string of the molecule is O=C(C=Cc1ccc(Cl)c(C(F)(F)F)c1)N1CCN(S(=O)(=O)Cc2ccccc2)CC1. The molecule has 1 fully saturated rings. The lowest BCUT2D eigenvalue weighted by Crippen LogP contribution is -2.50. The van der Waals surface area contributed by atoms with Crippen molar-refractivity contribution in [3.8, 4) is 0 Å². The van der Waals surface area contributed by atoms with Gasteiger partial charge in [0.1, 0.15) is 0 Å². The summed E-state index contributed by atoms with van der Waals surface area (Å²) in [6.07, 6.45) is -2.13. The van der Waals surface area contributed by atoms with E-state index in [2.05, 4.69) is 0 Å². The van der Waals surface area contributed by atoms with E-state index >= 15 is 0 Å².